The van der Waals surface area contributed by atoms with Gasteiger partial charge in [0.2, 0.25) is 11.7 Å². The molecule has 0 N–H and O–H groups in total. The van der Waals surface area contributed by atoms with Gasteiger partial charge >= 0.3 is 0 Å². The van der Waals surface area contributed by atoms with Gasteiger partial charge in [-0.1, -0.05) is 46.9 Å². The van der Waals surface area contributed by atoms with Crippen molar-refractivity contribution >= 4 is 11.6 Å². The molecular weight excluding hydrogens is 353 g/mol. The third-order valence-electron chi connectivity index (χ3n) is 3.83. The van der Waals surface area contributed by atoms with E-state index in [0.29, 0.717) is 42.8 Å². The predicted octanol–water partition coefficient (Wildman–Crippen LogP) is 4.21. The average molecular weight is 370 g/mol. The Bertz CT molecular complexity index is 902. The van der Waals surface area contributed by atoms with Crippen LogP contribution in [0.15, 0.2) is 53.1 Å². The zero-order valence-electron chi connectivity index (χ0n) is 14.0. The topological polar surface area (TPSA) is 42.2 Å². The van der Waals surface area contributed by atoms with E-state index >= 15 is 0 Å². The van der Waals surface area contributed by atoms with Crippen LogP contribution in [0.4, 0.5) is 4.39 Å². The molecule has 4 nitrogen and oxygen atoms in total. The van der Waals surface area contributed by atoms with Gasteiger partial charge in [0.05, 0.1) is 6.54 Å². The first-order valence-corrected chi connectivity index (χ1v) is 8.50. The van der Waals surface area contributed by atoms with Crippen LogP contribution in [0.25, 0.3) is 11.4 Å². The van der Waals surface area contributed by atoms with Crippen LogP contribution in [-0.4, -0.2) is 28.1 Å². The molecule has 26 heavy (non-hydrogen) atoms. The van der Waals surface area contributed by atoms with Crippen molar-refractivity contribution in [3.05, 3.63) is 70.8 Å². The van der Waals surface area contributed by atoms with E-state index in [4.69, 9.17) is 22.5 Å². The highest BCUT2D eigenvalue weighted by Gasteiger charge is 2.11. The summed E-state index contributed by atoms with van der Waals surface area (Å²) in [5.41, 5.74) is 1.80. The molecule has 3 aromatic rings. The molecule has 6 heteroatoms. The zero-order chi connectivity index (χ0) is 18.4. The Morgan fingerprint density at radius 3 is 2.73 bits per heavy atom. The third kappa shape index (κ3) is 4.92. The van der Waals surface area contributed by atoms with Gasteiger partial charge in [0.1, 0.15) is 5.82 Å². The summed E-state index contributed by atoms with van der Waals surface area (Å²) >= 11 is 5.99. The molecule has 0 aliphatic heterocycles. The van der Waals surface area contributed by atoms with Crippen LogP contribution in [0.5, 0.6) is 0 Å². The van der Waals surface area contributed by atoms with Gasteiger partial charge in [-0.3, -0.25) is 4.90 Å². The molecule has 1 heterocycles. The van der Waals surface area contributed by atoms with Crippen LogP contribution in [0.3, 0.4) is 0 Å². The molecule has 0 aliphatic rings. The monoisotopic (exact) mass is 369 g/mol. The van der Waals surface area contributed by atoms with Crippen molar-refractivity contribution in [2.45, 2.75) is 13.0 Å². The van der Waals surface area contributed by atoms with Crippen LogP contribution in [0.2, 0.25) is 5.02 Å². The normalized spacial score (nSPS) is 10.8. The van der Waals surface area contributed by atoms with E-state index in [0.717, 1.165) is 11.1 Å². The molecule has 0 radical (unpaired) electrons. The fourth-order valence-corrected chi connectivity index (χ4v) is 2.74. The van der Waals surface area contributed by atoms with Crippen molar-refractivity contribution < 1.29 is 8.91 Å². The molecule has 0 unspecified atom stereocenters. The summed E-state index contributed by atoms with van der Waals surface area (Å²) in [5.74, 6) is 3.42. The number of benzene rings is 2. The van der Waals surface area contributed by atoms with Crippen LogP contribution in [0, 0.1) is 18.2 Å². The lowest BCUT2D eigenvalue weighted by Crippen LogP contribution is -2.26. The Morgan fingerprint density at radius 2 is 2.00 bits per heavy atom. The summed E-state index contributed by atoms with van der Waals surface area (Å²) in [7, 11) is 0. The van der Waals surface area contributed by atoms with Crippen molar-refractivity contribution in [1.82, 2.24) is 15.0 Å². The maximum atomic E-state index is 13.0. The average Bonchev–Trinajstić information content (AvgIpc) is 3.11. The van der Waals surface area contributed by atoms with Crippen LogP contribution >= 0.6 is 11.6 Å². The van der Waals surface area contributed by atoms with Crippen LogP contribution in [0.1, 0.15) is 11.5 Å². The second-order valence-corrected chi connectivity index (χ2v) is 6.25. The number of hydrogen-bond donors (Lipinski definition) is 0. The van der Waals surface area contributed by atoms with Gasteiger partial charge in [-0.05, 0) is 29.8 Å². The summed E-state index contributed by atoms with van der Waals surface area (Å²) in [6.45, 7) is 1.76. The molecule has 0 atom stereocenters. The van der Waals surface area contributed by atoms with E-state index < -0.39 is 0 Å². The van der Waals surface area contributed by atoms with Gasteiger partial charge in [0.25, 0.3) is 0 Å². The van der Waals surface area contributed by atoms with Gasteiger partial charge < -0.3 is 4.52 Å². The number of hydrogen-bond acceptors (Lipinski definition) is 4. The second kappa shape index (κ2) is 8.61. The van der Waals surface area contributed by atoms with Crippen LogP contribution < -0.4 is 0 Å². The second-order valence-electron chi connectivity index (χ2n) is 5.81. The maximum absolute atomic E-state index is 13.0. The van der Waals surface area contributed by atoms with E-state index in [1.165, 1.54) is 12.1 Å². The number of aromatic nitrogens is 2. The highest BCUT2D eigenvalue weighted by atomic mass is 35.5. The number of terminal acetylenes is 1. The molecular formula is C20H17ClFN3O. The maximum Gasteiger partial charge on any atom is 0.228 e. The van der Waals surface area contributed by atoms with Gasteiger partial charge in [-0.2, -0.15) is 4.98 Å². The molecule has 0 amide bonds. The summed E-state index contributed by atoms with van der Waals surface area (Å²) < 4.78 is 18.3. The van der Waals surface area contributed by atoms with Gasteiger partial charge in [-0.15, -0.1) is 6.42 Å². The Kier molecular flexibility index (Phi) is 6.00. The molecule has 0 spiro atoms. The smallest absolute Gasteiger partial charge is 0.228 e. The van der Waals surface area contributed by atoms with Crippen molar-refractivity contribution in [1.29, 1.82) is 0 Å². The molecule has 0 saturated carbocycles. The third-order valence-corrected chi connectivity index (χ3v) is 4.06. The van der Waals surface area contributed by atoms with E-state index in [1.54, 1.807) is 24.3 Å². The molecule has 3 rings (SSSR count). The fraction of sp³-hybridized carbons (Fsp3) is 0.200. The highest BCUT2D eigenvalue weighted by Crippen LogP contribution is 2.20. The fourth-order valence-electron chi connectivity index (χ4n) is 2.55. The quantitative estimate of drug-likeness (QED) is 0.585. The van der Waals surface area contributed by atoms with E-state index in [-0.39, 0.29) is 5.82 Å². The lowest BCUT2D eigenvalue weighted by Gasteiger charge is -2.18. The lowest BCUT2D eigenvalue weighted by molar-refractivity contribution is 0.283. The largest absolute Gasteiger partial charge is 0.339 e. The van der Waals surface area contributed by atoms with Crippen molar-refractivity contribution in [2.24, 2.45) is 0 Å². The summed E-state index contributed by atoms with van der Waals surface area (Å²) in [4.78, 5) is 6.47. The van der Waals surface area contributed by atoms with E-state index in [1.807, 2.05) is 12.1 Å². The Morgan fingerprint density at radius 1 is 1.19 bits per heavy atom. The highest BCUT2D eigenvalue weighted by molar-refractivity contribution is 6.30. The van der Waals surface area contributed by atoms with Crippen LogP contribution in [-0.2, 0) is 13.0 Å². The molecule has 132 valence electrons. The first kappa shape index (κ1) is 18.1. The first-order valence-electron chi connectivity index (χ1n) is 8.13. The van der Waals surface area contributed by atoms with Crippen molar-refractivity contribution in [2.75, 3.05) is 13.1 Å². The summed E-state index contributed by atoms with van der Waals surface area (Å²) in [5, 5.41) is 4.62. The first-order chi connectivity index (χ1) is 12.6. The number of rotatable bonds is 7. The van der Waals surface area contributed by atoms with Crippen molar-refractivity contribution in [3.63, 3.8) is 0 Å². The Labute approximate surface area is 156 Å². The van der Waals surface area contributed by atoms with E-state index in [9.17, 15) is 4.39 Å². The molecule has 0 bridgehead atoms. The molecule has 0 aliphatic carbocycles. The molecule has 1 aromatic heterocycles. The number of nitrogens with zero attached hydrogens (tertiary/aromatic N) is 3. The SMILES string of the molecule is C#CCN(CCc1nc(-c2cccc(Cl)c2)no1)Cc1ccc(F)cc1. The number of halogens is 2. The van der Waals surface area contributed by atoms with Gasteiger partial charge in [0, 0.05) is 30.1 Å². The van der Waals surface area contributed by atoms with E-state index in [2.05, 4.69) is 21.0 Å². The molecule has 0 saturated heterocycles. The molecule has 0 fully saturated rings. The summed E-state index contributed by atoms with van der Waals surface area (Å²) in [6, 6.07) is 13.7. The Hall–Kier alpha value is -2.68. The minimum atomic E-state index is -0.253. The minimum absolute atomic E-state index is 0.253. The van der Waals surface area contributed by atoms with Gasteiger partial charge in [-0.25, -0.2) is 4.39 Å². The summed E-state index contributed by atoms with van der Waals surface area (Å²) in [6.07, 6.45) is 6.02. The molecule has 2 aromatic carbocycles. The predicted molar refractivity (Wildman–Crippen MR) is 99.0 cm³/mol. The minimum Gasteiger partial charge on any atom is -0.339 e. The Balaban J connectivity index is 1.62. The lowest BCUT2D eigenvalue weighted by atomic mass is 10.2. The standard InChI is InChI=1S/C20H17ClFN3O/c1-2-11-25(14-15-6-8-18(22)9-7-15)12-10-19-23-20(24-26-19)16-4-3-5-17(21)13-16/h1,3-9,13H,10-12,14H2. The zero-order valence-corrected chi connectivity index (χ0v) is 14.8. The van der Waals surface area contributed by atoms with Crippen molar-refractivity contribution in [3.8, 4) is 23.7 Å². The van der Waals surface area contributed by atoms with Gasteiger partial charge in [0.15, 0.2) is 0 Å².